The van der Waals surface area contributed by atoms with Crippen molar-refractivity contribution in [2.45, 2.75) is 38.5 Å². The lowest BCUT2D eigenvalue weighted by atomic mass is 9.94. The van der Waals surface area contributed by atoms with Crippen molar-refractivity contribution in [1.82, 2.24) is 24.8 Å². The van der Waals surface area contributed by atoms with Gasteiger partial charge in [0.2, 0.25) is 5.91 Å². The second kappa shape index (κ2) is 7.23. The molecule has 0 radical (unpaired) electrons. The number of carbonyl (C=O) groups is 1. The largest absolute Gasteiger partial charge is 0.342 e. The molecule has 1 N–H and O–H groups in total. The number of hydrogen-bond acceptors (Lipinski definition) is 4. The van der Waals surface area contributed by atoms with Gasteiger partial charge in [0.25, 0.3) is 0 Å². The van der Waals surface area contributed by atoms with Crippen molar-refractivity contribution in [2.75, 3.05) is 13.1 Å². The Hall–Kier alpha value is -2.76. The molecule has 6 nitrogen and oxygen atoms in total. The molecule has 1 aliphatic heterocycles. The first-order valence-corrected chi connectivity index (χ1v) is 9.20. The lowest BCUT2D eigenvalue weighted by Crippen LogP contribution is -2.39. The van der Waals surface area contributed by atoms with Crippen LogP contribution in [0.5, 0.6) is 0 Å². The summed E-state index contributed by atoms with van der Waals surface area (Å²) < 4.78 is 0. The number of aryl methyl sites for hydroxylation is 2. The van der Waals surface area contributed by atoms with Gasteiger partial charge in [-0.1, -0.05) is 12.1 Å². The summed E-state index contributed by atoms with van der Waals surface area (Å²) in [4.78, 5) is 31.2. The quantitative estimate of drug-likeness (QED) is 0.786. The summed E-state index contributed by atoms with van der Waals surface area (Å²) in [5.41, 5.74) is 3.02. The van der Waals surface area contributed by atoms with Gasteiger partial charge in [-0.05, 0) is 38.0 Å². The molecule has 3 heterocycles. The summed E-state index contributed by atoms with van der Waals surface area (Å²) in [6, 6.07) is 9.92. The summed E-state index contributed by atoms with van der Waals surface area (Å²) >= 11 is 0. The minimum Gasteiger partial charge on any atom is -0.342 e. The number of piperidine rings is 1. The van der Waals surface area contributed by atoms with Gasteiger partial charge in [-0.25, -0.2) is 15.0 Å². The third-order valence-electron chi connectivity index (χ3n) is 5.00. The monoisotopic (exact) mass is 349 g/mol. The second-order valence-electron chi connectivity index (χ2n) is 6.91. The zero-order valence-corrected chi connectivity index (χ0v) is 15.0. The van der Waals surface area contributed by atoms with Crippen LogP contribution in [0.1, 0.15) is 42.5 Å². The molecule has 0 spiro atoms. The second-order valence-corrected chi connectivity index (χ2v) is 6.91. The van der Waals surface area contributed by atoms with Crippen molar-refractivity contribution in [1.29, 1.82) is 0 Å². The number of aromatic amines is 1. The molecule has 0 aliphatic carbocycles. The fourth-order valence-electron chi connectivity index (χ4n) is 3.65. The standard InChI is InChI=1S/C20H23N5O/c1-14-21-11-10-16(22-14)15-5-4-12-25(13-15)20(26)9-8-19-23-17-6-2-3-7-18(17)24-19/h2-3,6-7,10-11,15H,4-5,8-9,12-13H2,1H3,(H,23,24). The third kappa shape index (κ3) is 3.59. The highest BCUT2D eigenvalue weighted by molar-refractivity contribution is 5.77. The summed E-state index contributed by atoms with van der Waals surface area (Å²) in [6.45, 7) is 3.48. The molecule has 1 aliphatic rings. The Morgan fingerprint density at radius 3 is 3.00 bits per heavy atom. The molecule has 4 rings (SSSR count). The Morgan fingerprint density at radius 2 is 2.15 bits per heavy atom. The number of fused-ring (bicyclic) bond motifs is 1. The highest BCUT2D eigenvalue weighted by atomic mass is 16.2. The fourth-order valence-corrected chi connectivity index (χ4v) is 3.65. The molecule has 2 aromatic heterocycles. The van der Waals surface area contributed by atoms with Crippen molar-refractivity contribution in [3.8, 4) is 0 Å². The number of carbonyl (C=O) groups excluding carboxylic acids is 1. The van der Waals surface area contributed by atoms with Crippen molar-refractivity contribution < 1.29 is 4.79 Å². The molecule has 1 unspecified atom stereocenters. The van der Waals surface area contributed by atoms with Crippen LogP contribution in [0.3, 0.4) is 0 Å². The molecule has 26 heavy (non-hydrogen) atoms. The van der Waals surface area contributed by atoms with Crippen LogP contribution in [-0.2, 0) is 11.2 Å². The van der Waals surface area contributed by atoms with Crippen molar-refractivity contribution in [2.24, 2.45) is 0 Å². The number of nitrogens with one attached hydrogen (secondary N) is 1. The number of nitrogens with zero attached hydrogens (tertiary/aromatic N) is 4. The summed E-state index contributed by atoms with van der Waals surface area (Å²) in [6.07, 6.45) is 5.02. The van der Waals surface area contributed by atoms with Gasteiger partial charge in [-0.3, -0.25) is 4.79 Å². The molecule has 1 atom stereocenters. The average molecular weight is 349 g/mol. The molecule has 3 aromatic rings. The lowest BCUT2D eigenvalue weighted by molar-refractivity contribution is -0.132. The van der Waals surface area contributed by atoms with Crippen LogP contribution in [0, 0.1) is 6.92 Å². The van der Waals surface area contributed by atoms with Gasteiger partial charge in [0.1, 0.15) is 11.6 Å². The topological polar surface area (TPSA) is 74.8 Å². The maximum atomic E-state index is 12.7. The van der Waals surface area contributed by atoms with Gasteiger partial charge in [0.05, 0.1) is 11.0 Å². The van der Waals surface area contributed by atoms with E-state index in [9.17, 15) is 4.79 Å². The Bertz CT molecular complexity index is 886. The maximum absolute atomic E-state index is 12.7. The zero-order valence-electron chi connectivity index (χ0n) is 15.0. The molecule has 1 aromatic carbocycles. The van der Waals surface area contributed by atoms with E-state index in [2.05, 4.69) is 19.9 Å². The van der Waals surface area contributed by atoms with Gasteiger partial charge in [-0.2, -0.15) is 0 Å². The molecule has 1 saturated heterocycles. The molecular weight excluding hydrogens is 326 g/mol. The van der Waals surface area contributed by atoms with E-state index in [0.717, 1.165) is 54.3 Å². The van der Waals surface area contributed by atoms with E-state index in [-0.39, 0.29) is 5.91 Å². The highest BCUT2D eigenvalue weighted by Crippen LogP contribution is 2.26. The number of rotatable bonds is 4. The van der Waals surface area contributed by atoms with E-state index < -0.39 is 0 Å². The minimum absolute atomic E-state index is 0.195. The van der Waals surface area contributed by atoms with Crippen LogP contribution in [0.2, 0.25) is 0 Å². The first kappa shape index (κ1) is 16.7. The van der Waals surface area contributed by atoms with E-state index in [1.165, 1.54) is 0 Å². The molecule has 1 fully saturated rings. The number of aromatic nitrogens is 4. The average Bonchev–Trinajstić information content (AvgIpc) is 3.09. The first-order valence-electron chi connectivity index (χ1n) is 9.20. The summed E-state index contributed by atoms with van der Waals surface area (Å²) in [5, 5.41) is 0. The normalized spacial score (nSPS) is 17.6. The molecule has 0 saturated carbocycles. The molecule has 1 amide bonds. The number of amides is 1. The number of benzene rings is 1. The van der Waals surface area contributed by atoms with Crippen LogP contribution in [0.15, 0.2) is 36.5 Å². The first-order chi connectivity index (χ1) is 12.7. The van der Waals surface area contributed by atoms with Crippen molar-refractivity contribution >= 4 is 16.9 Å². The number of hydrogen-bond donors (Lipinski definition) is 1. The van der Waals surface area contributed by atoms with Crippen LogP contribution in [0.4, 0.5) is 0 Å². The van der Waals surface area contributed by atoms with Gasteiger partial charge in [0.15, 0.2) is 0 Å². The minimum atomic E-state index is 0.195. The maximum Gasteiger partial charge on any atom is 0.223 e. The van der Waals surface area contributed by atoms with Crippen molar-refractivity contribution in [3.05, 3.63) is 53.9 Å². The number of H-pyrrole nitrogens is 1. The Balaban J connectivity index is 1.38. The van der Waals surface area contributed by atoms with Crippen LogP contribution < -0.4 is 0 Å². The third-order valence-corrected chi connectivity index (χ3v) is 5.00. The molecule has 6 heteroatoms. The van der Waals surface area contributed by atoms with Gasteiger partial charge >= 0.3 is 0 Å². The fraction of sp³-hybridized carbons (Fsp3) is 0.400. The summed E-state index contributed by atoms with van der Waals surface area (Å²) in [7, 11) is 0. The Morgan fingerprint density at radius 1 is 1.27 bits per heavy atom. The molecule has 0 bridgehead atoms. The highest BCUT2D eigenvalue weighted by Gasteiger charge is 2.25. The zero-order chi connectivity index (χ0) is 17.9. The van der Waals surface area contributed by atoms with E-state index in [1.54, 1.807) is 6.20 Å². The smallest absolute Gasteiger partial charge is 0.223 e. The molecule has 134 valence electrons. The van der Waals surface area contributed by atoms with Gasteiger partial charge in [-0.15, -0.1) is 0 Å². The van der Waals surface area contributed by atoms with Crippen LogP contribution in [-0.4, -0.2) is 43.8 Å². The predicted octanol–water partition coefficient (Wildman–Crippen LogP) is 3.00. The lowest BCUT2D eigenvalue weighted by Gasteiger charge is -2.32. The summed E-state index contributed by atoms with van der Waals surface area (Å²) in [5.74, 6) is 2.16. The van der Waals surface area contributed by atoms with Gasteiger partial charge in [0, 0.05) is 43.7 Å². The van der Waals surface area contributed by atoms with E-state index in [1.807, 2.05) is 42.2 Å². The number of likely N-dealkylation sites (tertiary alicyclic amines) is 1. The predicted molar refractivity (Wildman–Crippen MR) is 99.7 cm³/mol. The van der Waals surface area contributed by atoms with Gasteiger partial charge < -0.3 is 9.88 Å². The van der Waals surface area contributed by atoms with E-state index >= 15 is 0 Å². The van der Waals surface area contributed by atoms with Crippen LogP contribution >= 0.6 is 0 Å². The Labute approximate surface area is 152 Å². The van der Waals surface area contributed by atoms with E-state index in [4.69, 9.17) is 0 Å². The van der Waals surface area contributed by atoms with Crippen LogP contribution in [0.25, 0.3) is 11.0 Å². The number of para-hydroxylation sites is 2. The number of imidazole rings is 1. The SMILES string of the molecule is Cc1nccc(C2CCCN(C(=O)CCc3nc4ccccc4[nH]3)C2)n1. The molecular formula is C20H23N5O. The Kier molecular flexibility index (Phi) is 4.65. The van der Waals surface area contributed by atoms with Crippen molar-refractivity contribution in [3.63, 3.8) is 0 Å². The van der Waals surface area contributed by atoms with E-state index in [0.29, 0.717) is 18.8 Å².